The molecule has 1 aromatic heterocycles. The van der Waals surface area contributed by atoms with E-state index in [1.807, 2.05) is 43.3 Å². The third-order valence-corrected chi connectivity index (χ3v) is 3.64. The highest BCUT2D eigenvalue weighted by Crippen LogP contribution is 2.27. The van der Waals surface area contributed by atoms with Crippen LogP contribution in [-0.2, 0) is 6.42 Å². The van der Waals surface area contributed by atoms with Gasteiger partial charge in [-0.3, -0.25) is 9.78 Å². The number of halogens is 1. The fraction of sp³-hybridized carbons (Fsp3) is 0.250. The molecule has 0 bridgehead atoms. The normalized spacial score (nSPS) is 16.9. The molecule has 21 heavy (non-hydrogen) atoms. The number of nitrogens with two attached hydrogens (primary N) is 1. The molecule has 0 aliphatic carbocycles. The van der Waals surface area contributed by atoms with Crippen LogP contribution >= 0.6 is 12.4 Å². The number of pyridine rings is 1. The molecule has 4 nitrogen and oxygen atoms in total. The molecule has 110 valence electrons. The third-order valence-electron chi connectivity index (χ3n) is 3.64. The van der Waals surface area contributed by atoms with E-state index in [9.17, 15) is 4.79 Å². The van der Waals surface area contributed by atoms with Crippen LogP contribution in [0.1, 0.15) is 21.6 Å². The monoisotopic (exact) mass is 303 g/mol. The molecule has 1 aromatic carbocycles. The number of fused-ring (bicyclic) bond motifs is 1. The second kappa shape index (κ2) is 6.24. The Bertz CT molecular complexity index is 659. The largest absolute Gasteiger partial charge is 0.326 e. The van der Waals surface area contributed by atoms with Crippen molar-refractivity contribution in [1.29, 1.82) is 0 Å². The average Bonchev–Trinajstić information content (AvgIpc) is 2.46. The summed E-state index contributed by atoms with van der Waals surface area (Å²) in [6, 6.07) is 11.6. The highest BCUT2D eigenvalue weighted by Gasteiger charge is 2.28. The van der Waals surface area contributed by atoms with Crippen LogP contribution in [0, 0.1) is 6.92 Å². The highest BCUT2D eigenvalue weighted by atomic mass is 35.5. The number of rotatable bonds is 1. The maximum Gasteiger partial charge on any atom is 0.277 e. The molecule has 3 rings (SSSR count). The fourth-order valence-corrected chi connectivity index (χ4v) is 2.66. The van der Waals surface area contributed by atoms with Gasteiger partial charge in [0.05, 0.1) is 0 Å². The quantitative estimate of drug-likeness (QED) is 0.879. The zero-order valence-corrected chi connectivity index (χ0v) is 12.6. The molecule has 1 unspecified atom stereocenters. The van der Waals surface area contributed by atoms with Gasteiger partial charge >= 0.3 is 0 Å². The van der Waals surface area contributed by atoms with E-state index < -0.39 is 0 Å². The van der Waals surface area contributed by atoms with Gasteiger partial charge in [0.1, 0.15) is 5.69 Å². The molecular weight excluding hydrogens is 286 g/mol. The van der Waals surface area contributed by atoms with Crippen LogP contribution in [0.15, 0.2) is 42.6 Å². The van der Waals surface area contributed by atoms with E-state index >= 15 is 0 Å². The number of hydrogen-bond donors (Lipinski definition) is 1. The summed E-state index contributed by atoms with van der Waals surface area (Å²) < 4.78 is 0. The summed E-state index contributed by atoms with van der Waals surface area (Å²) in [5.41, 5.74) is 9.53. The van der Waals surface area contributed by atoms with Crippen LogP contribution in [0.25, 0.3) is 0 Å². The molecule has 1 atom stereocenters. The van der Waals surface area contributed by atoms with Crippen LogP contribution < -0.4 is 10.6 Å². The second-order valence-electron chi connectivity index (χ2n) is 5.18. The number of aryl methyl sites for hydroxylation is 1. The lowest BCUT2D eigenvalue weighted by molar-refractivity contribution is 0.0978. The molecule has 5 heteroatoms. The van der Waals surface area contributed by atoms with Gasteiger partial charge < -0.3 is 10.6 Å². The van der Waals surface area contributed by atoms with Gasteiger partial charge in [-0.2, -0.15) is 0 Å². The predicted octanol–water partition coefficient (Wildman–Crippen LogP) is 2.34. The van der Waals surface area contributed by atoms with Crippen LogP contribution in [0.3, 0.4) is 0 Å². The first-order valence-electron chi connectivity index (χ1n) is 6.74. The zero-order valence-electron chi connectivity index (χ0n) is 11.8. The van der Waals surface area contributed by atoms with Crippen molar-refractivity contribution in [2.75, 3.05) is 11.4 Å². The number of anilines is 1. The Morgan fingerprint density at radius 1 is 1.29 bits per heavy atom. The molecule has 1 amide bonds. The first-order chi connectivity index (χ1) is 9.66. The first kappa shape index (κ1) is 15.5. The Hall–Kier alpha value is -1.91. The molecule has 2 heterocycles. The van der Waals surface area contributed by atoms with Crippen molar-refractivity contribution in [2.24, 2.45) is 5.73 Å². The summed E-state index contributed by atoms with van der Waals surface area (Å²) in [5.74, 6) is -0.0781. The van der Waals surface area contributed by atoms with E-state index in [4.69, 9.17) is 5.73 Å². The van der Waals surface area contributed by atoms with Gasteiger partial charge in [-0.05, 0) is 36.6 Å². The van der Waals surface area contributed by atoms with Gasteiger partial charge in [-0.15, -0.1) is 12.4 Å². The Labute approximate surface area is 130 Å². The zero-order chi connectivity index (χ0) is 14.1. The number of amides is 1. The molecule has 0 saturated heterocycles. The summed E-state index contributed by atoms with van der Waals surface area (Å²) in [5, 5.41) is 0. The second-order valence-corrected chi connectivity index (χ2v) is 5.18. The number of benzene rings is 1. The Kier molecular flexibility index (Phi) is 4.60. The number of nitrogens with zero attached hydrogens (tertiary/aromatic N) is 2. The number of hydrogen-bond acceptors (Lipinski definition) is 3. The van der Waals surface area contributed by atoms with Crippen molar-refractivity contribution >= 4 is 24.0 Å². The Morgan fingerprint density at radius 2 is 2.05 bits per heavy atom. The van der Waals surface area contributed by atoms with E-state index in [-0.39, 0.29) is 24.4 Å². The van der Waals surface area contributed by atoms with Crippen LogP contribution in [0.2, 0.25) is 0 Å². The molecule has 0 spiro atoms. The topological polar surface area (TPSA) is 59.2 Å². The SMILES string of the molecule is Cc1cccnc1C(=O)N1CC(N)Cc2ccccc21.Cl. The minimum Gasteiger partial charge on any atom is -0.326 e. The highest BCUT2D eigenvalue weighted by molar-refractivity contribution is 6.06. The maximum absolute atomic E-state index is 12.7. The number of carbonyl (C=O) groups excluding carboxylic acids is 1. The number of aromatic nitrogens is 1. The van der Waals surface area contributed by atoms with E-state index in [0.29, 0.717) is 12.2 Å². The Balaban J connectivity index is 0.00000161. The number of carbonyl (C=O) groups is 1. The lowest BCUT2D eigenvalue weighted by atomic mass is 9.98. The predicted molar refractivity (Wildman–Crippen MR) is 86.0 cm³/mol. The van der Waals surface area contributed by atoms with E-state index in [1.54, 1.807) is 11.1 Å². The van der Waals surface area contributed by atoms with Gasteiger partial charge in [-0.25, -0.2) is 0 Å². The van der Waals surface area contributed by atoms with Gasteiger partial charge in [0.2, 0.25) is 0 Å². The van der Waals surface area contributed by atoms with Crippen molar-refractivity contribution in [3.63, 3.8) is 0 Å². The van der Waals surface area contributed by atoms with Crippen molar-refractivity contribution in [3.05, 3.63) is 59.4 Å². The summed E-state index contributed by atoms with van der Waals surface area (Å²) in [7, 11) is 0. The van der Waals surface area contributed by atoms with Gasteiger partial charge in [-0.1, -0.05) is 24.3 Å². The minimum absolute atomic E-state index is 0. The molecule has 0 saturated carbocycles. The molecule has 2 N–H and O–H groups in total. The Morgan fingerprint density at radius 3 is 2.81 bits per heavy atom. The van der Waals surface area contributed by atoms with Crippen molar-refractivity contribution < 1.29 is 4.79 Å². The van der Waals surface area contributed by atoms with Gasteiger partial charge in [0, 0.05) is 24.5 Å². The smallest absolute Gasteiger partial charge is 0.277 e. The molecule has 2 aromatic rings. The van der Waals surface area contributed by atoms with Gasteiger partial charge in [0.25, 0.3) is 5.91 Å². The summed E-state index contributed by atoms with van der Waals surface area (Å²) in [6.45, 7) is 2.43. The number of para-hydroxylation sites is 1. The summed E-state index contributed by atoms with van der Waals surface area (Å²) >= 11 is 0. The molecular formula is C16H18ClN3O. The molecule has 0 fully saturated rings. The minimum atomic E-state index is -0.0781. The van der Waals surface area contributed by atoms with Crippen molar-refractivity contribution in [3.8, 4) is 0 Å². The standard InChI is InChI=1S/C16H17N3O.ClH/c1-11-5-4-8-18-15(11)16(20)19-10-13(17)9-12-6-2-3-7-14(12)19;/h2-8,13H,9-10,17H2,1H3;1H. The van der Waals surface area contributed by atoms with E-state index in [1.165, 1.54) is 0 Å². The van der Waals surface area contributed by atoms with E-state index in [0.717, 1.165) is 23.2 Å². The fourth-order valence-electron chi connectivity index (χ4n) is 2.66. The lowest BCUT2D eigenvalue weighted by Gasteiger charge is -2.33. The van der Waals surface area contributed by atoms with Crippen molar-refractivity contribution in [1.82, 2.24) is 4.98 Å². The molecule has 1 aliphatic heterocycles. The van der Waals surface area contributed by atoms with Crippen LogP contribution in [-0.4, -0.2) is 23.5 Å². The van der Waals surface area contributed by atoms with Crippen LogP contribution in [0.5, 0.6) is 0 Å². The lowest BCUT2D eigenvalue weighted by Crippen LogP contribution is -2.46. The van der Waals surface area contributed by atoms with Crippen molar-refractivity contribution in [2.45, 2.75) is 19.4 Å². The first-order valence-corrected chi connectivity index (χ1v) is 6.74. The molecule has 0 radical (unpaired) electrons. The molecule has 1 aliphatic rings. The summed E-state index contributed by atoms with van der Waals surface area (Å²) in [4.78, 5) is 18.7. The van der Waals surface area contributed by atoms with E-state index in [2.05, 4.69) is 4.98 Å². The van der Waals surface area contributed by atoms with Gasteiger partial charge in [0.15, 0.2) is 0 Å². The third kappa shape index (κ3) is 2.91. The summed E-state index contributed by atoms with van der Waals surface area (Å²) in [6.07, 6.45) is 2.46. The average molecular weight is 304 g/mol. The maximum atomic E-state index is 12.7. The van der Waals surface area contributed by atoms with Crippen LogP contribution in [0.4, 0.5) is 5.69 Å².